The summed E-state index contributed by atoms with van der Waals surface area (Å²) in [5.41, 5.74) is 0.149. The summed E-state index contributed by atoms with van der Waals surface area (Å²) in [6.07, 6.45) is 0. The fraction of sp³-hybridized carbons (Fsp3) is 0.273. The third-order valence-electron chi connectivity index (χ3n) is 5.01. The summed E-state index contributed by atoms with van der Waals surface area (Å²) >= 11 is 0. The Bertz CT molecular complexity index is 1050. The number of ether oxygens (including phenoxy) is 2. The zero-order valence-electron chi connectivity index (χ0n) is 17.3. The van der Waals surface area contributed by atoms with Crippen LogP contribution in [0.1, 0.15) is 17.2 Å². The number of nitro groups is 1. The SMILES string of the molecule is COc1ccc([C@@H]2C(=C(O)c3cccc([N+](=O)[O-])c3)C(=O)C(=O)N2CCOCCO)cc1. The molecular weight excluding hydrogens is 420 g/mol. The predicted molar refractivity (Wildman–Crippen MR) is 113 cm³/mol. The van der Waals surface area contributed by atoms with Crippen molar-refractivity contribution in [3.05, 3.63) is 75.3 Å². The number of nitro benzene ring substituents is 1. The summed E-state index contributed by atoms with van der Waals surface area (Å²) in [7, 11) is 1.50. The average molecular weight is 442 g/mol. The Kier molecular flexibility index (Phi) is 7.18. The number of hydrogen-bond donors (Lipinski definition) is 2. The van der Waals surface area contributed by atoms with Crippen LogP contribution in [-0.4, -0.2) is 65.2 Å². The molecule has 168 valence electrons. The van der Waals surface area contributed by atoms with E-state index in [9.17, 15) is 24.8 Å². The molecule has 0 unspecified atom stereocenters. The largest absolute Gasteiger partial charge is 0.507 e. The maximum atomic E-state index is 12.9. The highest BCUT2D eigenvalue weighted by Crippen LogP contribution is 2.40. The van der Waals surface area contributed by atoms with Gasteiger partial charge in [-0.3, -0.25) is 19.7 Å². The number of methoxy groups -OCH3 is 1. The summed E-state index contributed by atoms with van der Waals surface area (Å²) in [6.45, 7) is -0.0115. The average Bonchev–Trinajstić information content (AvgIpc) is 3.06. The van der Waals surface area contributed by atoms with Gasteiger partial charge in [-0.25, -0.2) is 0 Å². The Morgan fingerprint density at radius 1 is 1.16 bits per heavy atom. The van der Waals surface area contributed by atoms with Gasteiger partial charge in [0.25, 0.3) is 17.4 Å². The standard InChI is InChI=1S/C22H22N2O8/c1-31-17-7-5-14(6-8-17)19-18(20(26)15-3-2-4-16(13-15)24(29)30)21(27)22(28)23(19)9-11-32-12-10-25/h2-8,13,19,25-26H,9-12H2,1H3/t19-/m1/s1. The van der Waals surface area contributed by atoms with Crippen molar-refractivity contribution in [2.24, 2.45) is 0 Å². The predicted octanol–water partition coefficient (Wildman–Crippen LogP) is 2.03. The lowest BCUT2D eigenvalue weighted by molar-refractivity contribution is -0.384. The van der Waals surface area contributed by atoms with Gasteiger partial charge in [-0.05, 0) is 17.7 Å². The molecule has 0 spiro atoms. The van der Waals surface area contributed by atoms with E-state index in [4.69, 9.17) is 14.6 Å². The molecule has 1 saturated heterocycles. The number of hydrogen-bond acceptors (Lipinski definition) is 8. The van der Waals surface area contributed by atoms with Crippen molar-refractivity contribution in [2.45, 2.75) is 6.04 Å². The fourth-order valence-corrected chi connectivity index (χ4v) is 3.50. The number of carbonyl (C=O) groups excluding carboxylic acids is 2. The highest BCUT2D eigenvalue weighted by atomic mass is 16.6. The van der Waals surface area contributed by atoms with Crippen LogP contribution in [0.4, 0.5) is 5.69 Å². The molecule has 0 saturated carbocycles. The molecule has 1 fully saturated rings. The second-order valence-electron chi connectivity index (χ2n) is 6.91. The number of Topliss-reactive ketones (excluding diaryl/α,β-unsaturated/α-hetero) is 1. The van der Waals surface area contributed by atoms with Crippen LogP contribution in [-0.2, 0) is 14.3 Å². The lowest BCUT2D eigenvalue weighted by atomic mass is 9.95. The minimum absolute atomic E-state index is 0.0347. The van der Waals surface area contributed by atoms with Gasteiger partial charge >= 0.3 is 0 Å². The van der Waals surface area contributed by atoms with Crippen LogP contribution in [0.15, 0.2) is 54.1 Å². The molecule has 3 rings (SSSR count). The van der Waals surface area contributed by atoms with E-state index in [2.05, 4.69) is 0 Å². The minimum Gasteiger partial charge on any atom is -0.507 e. The molecule has 0 aliphatic carbocycles. The molecule has 10 heteroatoms. The molecule has 0 bridgehead atoms. The Balaban J connectivity index is 2.09. The molecule has 1 aliphatic rings. The van der Waals surface area contributed by atoms with Crippen LogP contribution in [0.3, 0.4) is 0 Å². The van der Waals surface area contributed by atoms with Crippen LogP contribution < -0.4 is 4.74 Å². The second-order valence-corrected chi connectivity index (χ2v) is 6.91. The third kappa shape index (κ3) is 4.61. The number of non-ortho nitro benzene ring substituents is 1. The van der Waals surface area contributed by atoms with E-state index in [1.54, 1.807) is 24.3 Å². The van der Waals surface area contributed by atoms with Crippen molar-refractivity contribution in [3.8, 4) is 5.75 Å². The van der Waals surface area contributed by atoms with E-state index in [-0.39, 0.29) is 43.2 Å². The molecule has 2 aromatic carbocycles. The number of aliphatic hydroxyl groups excluding tert-OH is 2. The summed E-state index contributed by atoms with van der Waals surface area (Å²) in [6, 6.07) is 10.9. The first-order valence-corrected chi connectivity index (χ1v) is 9.74. The quantitative estimate of drug-likeness (QED) is 0.150. The maximum absolute atomic E-state index is 12.9. The zero-order chi connectivity index (χ0) is 23.3. The van der Waals surface area contributed by atoms with Crippen molar-refractivity contribution < 1.29 is 34.2 Å². The van der Waals surface area contributed by atoms with Crippen LogP contribution in [0.5, 0.6) is 5.75 Å². The minimum atomic E-state index is -0.933. The number of aliphatic hydroxyl groups is 2. The molecular formula is C22H22N2O8. The lowest BCUT2D eigenvalue weighted by Crippen LogP contribution is -2.33. The van der Waals surface area contributed by atoms with E-state index in [1.807, 2.05) is 0 Å². The highest BCUT2D eigenvalue weighted by molar-refractivity contribution is 6.46. The number of amides is 1. The number of likely N-dealkylation sites (tertiary alicyclic amines) is 1. The van der Waals surface area contributed by atoms with Crippen molar-refractivity contribution in [3.63, 3.8) is 0 Å². The molecule has 0 radical (unpaired) electrons. The van der Waals surface area contributed by atoms with Gasteiger partial charge in [0, 0.05) is 24.2 Å². The number of ketones is 1. The highest BCUT2D eigenvalue weighted by Gasteiger charge is 2.46. The molecule has 10 nitrogen and oxygen atoms in total. The van der Waals surface area contributed by atoms with Gasteiger partial charge in [0.2, 0.25) is 0 Å². The molecule has 2 N–H and O–H groups in total. The summed E-state index contributed by atoms with van der Waals surface area (Å²) in [5, 5.41) is 30.9. The number of rotatable bonds is 9. The zero-order valence-corrected chi connectivity index (χ0v) is 17.3. The molecule has 1 heterocycles. The van der Waals surface area contributed by atoms with Gasteiger partial charge in [-0.2, -0.15) is 0 Å². The second kappa shape index (κ2) is 10.0. The maximum Gasteiger partial charge on any atom is 0.295 e. The molecule has 1 amide bonds. The van der Waals surface area contributed by atoms with E-state index in [0.29, 0.717) is 11.3 Å². The van der Waals surface area contributed by atoms with Gasteiger partial charge in [0.1, 0.15) is 11.5 Å². The van der Waals surface area contributed by atoms with Crippen LogP contribution in [0, 0.1) is 10.1 Å². The van der Waals surface area contributed by atoms with Gasteiger partial charge in [-0.15, -0.1) is 0 Å². The van der Waals surface area contributed by atoms with Crippen molar-refractivity contribution >= 4 is 23.1 Å². The molecule has 2 aromatic rings. The van der Waals surface area contributed by atoms with E-state index < -0.39 is 28.4 Å². The topological polar surface area (TPSA) is 139 Å². The lowest BCUT2D eigenvalue weighted by Gasteiger charge is -2.25. The Hall–Kier alpha value is -3.76. The Morgan fingerprint density at radius 3 is 2.50 bits per heavy atom. The Labute approximate surface area is 183 Å². The smallest absolute Gasteiger partial charge is 0.295 e. The van der Waals surface area contributed by atoms with E-state index >= 15 is 0 Å². The monoisotopic (exact) mass is 442 g/mol. The van der Waals surface area contributed by atoms with E-state index in [0.717, 1.165) is 6.07 Å². The van der Waals surface area contributed by atoms with Crippen LogP contribution >= 0.6 is 0 Å². The number of benzene rings is 2. The first-order chi connectivity index (χ1) is 15.4. The third-order valence-corrected chi connectivity index (χ3v) is 5.01. The van der Waals surface area contributed by atoms with Crippen LogP contribution in [0.2, 0.25) is 0 Å². The summed E-state index contributed by atoms with van der Waals surface area (Å²) in [4.78, 5) is 37.5. The summed E-state index contributed by atoms with van der Waals surface area (Å²) in [5.74, 6) is -1.68. The molecule has 0 aromatic heterocycles. The van der Waals surface area contributed by atoms with Crippen molar-refractivity contribution in [1.82, 2.24) is 4.90 Å². The van der Waals surface area contributed by atoms with Gasteiger partial charge < -0.3 is 24.6 Å². The molecule has 32 heavy (non-hydrogen) atoms. The van der Waals surface area contributed by atoms with Crippen molar-refractivity contribution in [2.75, 3.05) is 33.5 Å². The molecule has 1 aliphatic heterocycles. The number of nitrogens with zero attached hydrogens (tertiary/aromatic N) is 2. The van der Waals surface area contributed by atoms with Crippen molar-refractivity contribution in [1.29, 1.82) is 0 Å². The van der Waals surface area contributed by atoms with E-state index in [1.165, 1.54) is 30.2 Å². The summed E-state index contributed by atoms with van der Waals surface area (Å²) < 4.78 is 10.4. The Morgan fingerprint density at radius 2 is 1.88 bits per heavy atom. The number of carbonyl (C=O) groups is 2. The van der Waals surface area contributed by atoms with Crippen LogP contribution in [0.25, 0.3) is 5.76 Å². The molecule has 1 atom stereocenters. The first-order valence-electron chi connectivity index (χ1n) is 9.74. The van der Waals surface area contributed by atoms with Gasteiger partial charge in [-0.1, -0.05) is 24.3 Å². The normalized spacial score (nSPS) is 17.6. The fourth-order valence-electron chi connectivity index (χ4n) is 3.50. The first kappa shape index (κ1) is 22.9. The van der Waals surface area contributed by atoms with Gasteiger partial charge in [0.15, 0.2) is 0 Å². The van der Waals surface area contributed by atoms with Gasteiger partial charge in [0.05, 0.1) is 43.5 Å².